The van der Waals surface area contributed by atoms with Crippen LogP contribution in [0.1, 0.15) is 24.5 Å². The number of rotatable bonds is 9. The molecule has 1 aliphatic carbocycles. The van der Waals surface area contributed by atoms with Gasteiger partial charge < -0.3 is 20.3 Å². The number of benzene rings is 1. The average molecular weight is 458 g/mol. The lowest BCUT2D eigenvalue weighted by Crippen LogP contribution is -2.19. The van der Waals surface area contributed by atoms with Gasteiger partial charge in [-0.2, -0.15) is 10.1 Å². The summed E-state index contributed by atoms with van der Waals surface area (Å²) in [5.74, 6) is 3.41. The quantitative estimate of drug-likeness (QED) is 0.441. The van der Waals surface area contributed by atoms with E-state index in [1.807, 2.05) is 44.4 Å². The Labute approximate surface area is 178 Å². The summed E-state index contributed by atoms with van der Waals surface area (Å²) in [7, 11) is 4.05. The first-order valence-corrected chi connectivity index (χ1v) is 10.4. The lowest BCUT2D eigenvalue weighted by atomic mass is 10.3. The Morgan fingerprint density at radius 2 is 2.00 bits per heavy atom. The van der Waals surface area contributed by atoms with Crippen molar-refractivity contribution in [1.82, 2.24) is 25.1 Å². The second kappa shape index (κ2) is 8.79. The number of aromatic nitrogens is 4. The Bertz CT molecular complexity index is 954. The number of nitrogens with one attached hydrogen (secondary N) is 3. The summed E-state index contributed by atoms with van der Waals surface area (Å²) in [6.07, 6.45) is 4.15. The molecule has 9 heteroatoms. The van der Waals surface area contributed by atoms with Crippen molar-refractivity contribution in [3.8, 4) is 5.75 Å². The number of H-pyrrole nitrogens is 1. The molecule has 1 fully saturated rings. The highest BCUT2D eigenvalue weighted by atomic mass is 79.9. The van der Waals surface area contributed by atoms with Gasteiger partial charge in [-0.3, -0.25) is 5.10 Å². The van der Waals surface area contributed by atoms with Gasteiger partial charge in [-0.1, -0.05) is 0 Å². The van der Waals surface area contributed by atoms with Gasteiger partial charge in [0.15, 0.2) is 5.82 Å². The smallest absolute Gasteiger partial charge is 0.229 e. The van der Waals surface area contributed by atoms with Crippen molar-refractivity contribution >= 4 is 39.2 Å². The molecule has 8 nitrogen and oxygen atoms in total. The van der Waals surface area contributed by atoms with Crippen LogP contribution in [0.5, 0.6) is 5.75 Å². The van der Waals surface area contributed by atoms with E-state index in [1.54, 1.807) is 6.20 Å². The van der Waals surface area contributed by atoms with Crippen LogP contribution in [0.2, 0.25) is 0 Å². The molecule has 152 valence electrons. The molecular weight excluding hydrogens is 434 g/mol. The van der Waals surface area contributed by atoms with Crippen molar-refractivity contribution < 1.29 is 4.74 Å². The van der Waals surface area contributed by atoms with E-state index in [0.717, 1.165) is 34.0 Å². The molecule has 1 aliphatic rings. The third-order valence-corrected chi connectivity index (χ3v) is 5.09. The van der Waals surface area contributed by atoms with E-state index in [9.17, 15) is 0 Å². The zero-order valence-electron chi connectivity index (χ0n) is 16.4. The van der Waals surface area contributed by atoms with Gasteiger partial charge in [-0.25, -0.2) is 4.98 Å². The van der Waals surface area contributed by atoms with Gasteiger partial charge in [0.2, 0.25) is 5.95 Å². The second-order valence-electron chi connectivity index (χ2n) is 7.30. The Morgan fingerprint density at radius 1 is 1.21 bits per heavy atom. The highest BCUT2D eigenvalue weighted by Gasteiger charge is 2.26. The molecule has 3 N–H and O–H groups in total. The number of nitrogens with zero attached hydrogens (tertiary/aromatic N) is 4. The van der Waals surface area contributed by atoms with Crippen LogP contribution in [0, 0.1) is 0 Å². The van der Waals surface area contributed by atoms with E-state index in [2.05, 4.69) is 51.6 Å². The van der Waals surface area contributed by atoms with Gasteiger partial charge in [0.05, 0.1) is 10.2 Å². The van der Waals surface area contributed by atoms with Gasteiger partial charge >= 0.3 is 0 Å². The molecule has 3 aromatic rings. The number of halogens is 1. The van der Waals surface area contributed by atoms with Crippen molar-refractivity contribution in [2.45, 2.75) is 18.8 Å². The summed E-state index contributed by atoms with van der Waals surface area (Å²) in [5, 5.41) is 13.9. The minimum Gasteiger partial charge on any atom is -0.492 e. The highest BCUT2D eigenvalue weighted by Crippen LogP contribution is 2.39. The fourth-order valence-electron chi connectivity index (χ4n) is 2.74. The molecule has 1 aromatic carbocycles. The lowest BCUT2D eigenvalue weighted by molar-refractivity contribution is 0.261. The Balaban J connectivity index is 1.39. The van der Waals surface area contributed by atoms with E-state index in [4.69, 9.17) is 4.74 Å². The number of likely N-dealkylation sites (N-methyl/N-ethyl adjacent to an activating group) is 1. The molecule has 0 saturated heterocycles. The minimum absolute atomic E-state index is 0.499. The molecular formula is C20H24BrN7O. The topological polar surface area (TPSA) is 91.0 Å². The molecule has 0 aliphatic heterocycles. The molecule has 4 rings (SSSR count). The van der Waals surface area contributed by atoms with Crippen LogP contribution >= 0.6 is 15.9 Å². The van der Waals surface area contributed by atoms with E-state index < -0.39 is 0 Å². The third kappa shape index (κ3) is 5.45. The average Bonchev–Trinajstić information content (AvgIpc) is 3.45. The van der Waals surface area contributed by atoms with Crippen molar-refractivity contribution in [2.75, 3.05) is 37.9 Å². The van der Waals surface area contributed by atoms with Gasteiger partial charge in [0.25, 0.3) is 0 Å². The Kier molecular flexibility index (Phi) is 5.96. The van der Waals surface area contributed by atoms with Crippen LogP contribution in [-0.2, 0) is 0 Å². The summed E-state index contributed by atoms with van der Waals surface area (Å²) in [6, 6.07) is 9.79. The van der Waals surface area contributed by atoms with Crippen molar-refractivity contribution in [3.63, 3.8) is 0 Å². The summed E-state index contributed by atoms with van der Waals surface area (Å²) >= 11 is 3.50. The van der Waals surface area contributed by atoms with E-state index >= 15 is 0 Å². The molecule has 29 heavy (non-hydrogen) atoms. The molecule has 2 aromatic heterocycles. The van der Waals surface area contributed by atoms with Gasteiger partial charge in [0, 0.05) is 30.4 Å². The molecule has 2 heterocycles. The SMILES string of the molecule is CN(C)CCOc1ccc(Nc2ncc(Br)c(Nc3cc(C4CC4)n[nH]3)n2)cc1. The largest absolute Gasteiger partial charge is 0.492 e. The molecule has 0 unspecified atom stereocenters. The summed E-state index contributed by atoms with van der Waals surface area (Å²) in [6.45, 7) is 1.53. The molecule has 0 amide bonds. The van der Waals surface area contributed by atoms with Gasteiger partial charge in [0.1, 0.15) is 18.2 Å². The number of ether oxygens (including phenoxy) is 1. The van der Waals surface area contributed by atoms with Crippen LogP contribution in [0.3, 0.4) is 0 Å². The van der Waals surface area contributed by atoms with Gasteiger partial charge in [-0.05, 0) is 67.1 Å². The fraction of sp³-hybridized carbons (Fsp3) is 0.350. The van der Waals surface area contributed by atoms with Crippen molar-refractivity contribution in [2.24, 2.45) is 0 Å². The minimum atomic E-state index is 0.499. The molecule has 0 atom stereocenters. The van der Waals surface area contributed by atoms with Crippen LogP contribution in [0.25, 0.3) is 0 Å². The van der Waals surface area contributed by atoms with Gasteiger partial charge in [-0.15, -0.1) is 0 Å². The first-order valence-electron chi connectivity index (χ1n) is 9.56. The van der Waals surface area contributed by atoms with Crippen LogP contribution < -0.4 is 15.4 Å². The zero-order chi connectivity index (χ0) is 20.2. The van der Waals surface area contributed by atoms with E-state index in [0.29, 0.717) is 24.3 Å². The maximum absolute atomic E-state index is 5.72. The Hall–Kier alpha value is -2.65. The van der Waals surface area contributed by atoms with Crippen LogP contribution in [0.15, 0.2) is 41.0 Å². The molecule has 0 radical (unpaired) electrons. The number of aromatic amines is 1. The molecule has 0 spiro atoms. The predicted molar refractivity (Wildman–Crippen MR) is 117 cm³/mol. The maximum atomic E-state index is 5.72. The maximum Gasteiger partial charge on any atom is 0.229 e. The van der Waals surface area contributed by atoms with E-state index in [-0.39, 0.29) is 0 Å². The summed E-state index contributed by atoms with van der Waals surface area (Å²) in [4.78, 5) is 11.0. The lowest BCUT2D eigenvalue weighted by Gasteiger charge is -2.12. The van der Waals surface area contributed by atoms with Crippen molar-refractivity contribution in [3.05, 3.63) is 46.7 Å². The summed E-state index contributed by atoms with van der Waals surface area (Å²) in [5.41, 5.74) is 1.99. The monoisotopic (exact) mass is 457 g/mol. The molecule has 1 saturated carbocycles. The standard InChI is InChI=1S/C20H24BrN7O/c1-28(2)9-10-29-15-7-5-14(6-8-15)23-20-22-12-16(21)19(25-20)24-18-11-17(26-27-18)13-3-4-13/h5-8,11-13H,3-4,9-10H2,1-2H3,(H3,22,23,24,25,26,27). The fourth-order valence-corrected chi connectivity index (χ4v) is 3.03. The third-order valence-electron chi connectivity index (χ3n) is 4.51. The van der Waals surface area contributed by atoms with Crippen LogP contribution in [0.4, 0.5) is 23.3 Å². The second-order valence-corrected chi connectivity index (χ2v) is 8.15. The Morgan fingerprint density at radius 3 is 2.72 bits per heavy atom. The predicted octanol–water partition coefficient (Wildman–Crippen LogP) is 4.27. The highest BCUT2D eigenvalue weighted by molar-refractivity contribution is 9.10. The number of anilines is 4. The van der Waals surface area contributed by atoms with Crippen molar-refractivity contribution in [1.29, 1.82) is 0 Å². The number of hydrogen-bond acceptors (Lipinski definition) is 7. The molecule has 0 bridgehead atoms. The summed E-state index contributed by atoms with van der Waals surface area (Å²) < 4.78 is 6.49. The van der Waals surface area contributed by atoms with Crippen LogP contribution in [-0.4, -0.2) is 52.3 Å². The van der Waals surface area contributed by atoms with E-state index in [1.165, 1.54) is 12.8 Å². The first-order chi connectivity index (χ1) is 14.1. The zero-order valence-corrected chi connectivity index (χ0v) is 18.0. The first kappa shape index (κ1) is 19.7. The normalized spacial score (nSPS) is 13.5. The number of hydrogen-bond donors (Lipinski definition) is 3.